The van der Waals surface area contributed by atoms with Crippen molar-refractivity contribution in [1.29, 1.82) is 0 Å². The number of rotatable bonds is 3. The van der Waals surface area contributed by atoms with Crippen LogP contribution >= 0.6 is 11.8 Å². The van der Waals surface area contributed by atoms with Gasteiger partial charge in [0.05, 0.1) is 5.88 Å². The standard InChI is InChI=1S/C14H25N3O3S2/c1-12-6-2-3-9-16(12)22(19,20)17-11-21-10-13(17)14(18)15-7-4-5-8-15/h12-13H,2-11H2,1H3/t12-,13-/m1/s1. The first kappa shape index (κ1) is 16.5. The van der Waals surface area contributed by atoms with Crippen molar-refractivity contribution in [2.45, 2.75) is 51.1 Å². The lowest BCUT2D eigenvalue weighted by Crippen LogP contribution is -2.55. The van der Waals surface area contributed by atoms with Crippen molar-refractivity contribution in [2.75, 3.05) is 31.3 Å². The van der Waals surface area contributed by atoms with Crippen molar-refractivity contribution in [2.24, 2.45) is 0 Å². The fourth-order valence-electron chi connectivity index (χ4n) is 3.55. The molecule has 3 heterocycles. The van der Waals surface area contributed by atoms with Crippen LogP contribution in [0.1, 0.15) is 39.0 Å². The van der Waals surface area contributed by atoms with Crippen LogP contribution in [0.25, 0.3) is 0 Å². The fraction of sp³-hybridized carbons (Fsp3) is 0.929. The average Bonchev–Trinajstić information content (AvgIpc) is 3.18. The van der Waals surface area contributed by atoms with Crippen LogP contribution < -0.4 is 0 Å². The van der Waals surface area contributed by atoms with Gasteiger partial charge in [0.2, 0.25) is 5.91 Å². The molecule has 6 nitrogen and oxygen atoms in total. The third-order valence-corrected chi connectivity index (χ3v) is 8.17. The summed E-state index contributed by atoms with van der Waals surface area (Å²) in [6, 6.07) is -0.478. The van der Waals surface area contributed by atoms with Gasteiger partial charge in [-0.05, 0) is 32.6 Å². The molecule has 3 aliphatic rings. The molecule has 3 fully saturated rings. The molecule has 3 rings (SSSR count). The summed E-state index contributed by atoms with van der Waals surface area (Å²) in [5.41, 5.74) is 0. The second-order valence-electron chi connectivity index (χ2n) is 6.40. The Kier molecular flexibility index (Phi) is 5.01. The molecule has 0 spiro atoms. The van der Waals surface area contributed by atoms with Crippen LogP contribution in [0.2, 0.25) is 0 Å². The highest BCUT2D eigenvalue weighted by atomic mass is 32.2. The predicted molar refractivity (Wildman–Crippen MR) is 87.7 cm³/mol. The Labute approximate surface area is 137 Å². The number of hydrogen-bond donors (Lipinski definition) is 0. The van der Waals surface area contributed by atoms with E-state index < -0.39 is 16.3 Å². The highest BCUT2D eigenvalue weighted by molar-refractivity contribution is 8.00. The second-order valence-corrected chi connectivity index (χ2v) is 9.23. The summed E-state index contributed by atoms with van der Waals surface area (Å²) in [7, 11) is -3.54. The highest BCUT2D eigenvalue weighted by Gasteiger charge is 2.45. The summed E-state index contributed by atoms with van der Waals surface area (Å²) >= 11 is 1.54. The third-order valence-electron chi connectivity index (χ3n) is 4.88. The Hall–Kier alpha value is -0.310. The van der Waals surface area contributed by atoms with Crippen molar-refractivity contribution in [3.8, 4) is 0 Å². The minimum atomic E-state index is -3.54. The SMILES string of the molecule is C[C@@H]1CCCCN1S(=O)(=O)N1CSC[C@@H]1C(=O)N1CCCC1. The maximum atomic E-state index is 13.0. The molecule has 1 amide bonds. The first-order chi connectivity index (χ1) is 10.5. The minimum Gasteiger partial charge on any atom is -0.341 e. The van der Waals surface area contributed by atoms with Crippen molar-refractivity contribution >= 4 is 27.9 Å². The number of nitrogens with zero attached hydrogens (tertiary/aromatic N) is 3. The lowest BCUT2D eigenvalue weighted by atomic mass is 10.1. The quantitative estimate of drug-likeness (QED) is 0.767. The molecule has 0 N–H and O–H groups in total. The molecule has 0 aromatic carbocycles. The van der Waals surface area contributed by atoms with Gasteiger partial charge in [-0.15, -0.1) is 11.8 Å². The number of amides is 1. The summed E-state index contributed by atoms with van der Waals surface area (Å²) in [5, 5.41) is 0. The van der Waals surface area contributed by atoms with Gasteiger partial charge in [-0.3, -0.25) is 4.79 Å². The van der Waals surface area contributed by atoms with E-state index >= 15 is 0 Å². The molecule has 22 heavy (non-hydrogen) atoms. The smallest absolute Gasteiger partial charge is 0.283 e. The van der Waals surface area contributed by atoms with Crippen LogP contribution in [0.4, 0.5) is 0 Å². The van der Waals surface area contributed by atoms with Crippen molar-refractivity contribution in [1.82, 2.24) is 13.5 Å². The Morgan fingerprint density at radius 1 is 1.05 bits per heavy atom. The van der Waals surface area contributed by atoms with Gasteiger partial charge in [-0.25, -0.2) is 0 Å². The molecule has 0 bridgehead atoms. The number of likely N-dealkylation sites (tertiary alicyclic amines) is 1. The number of thioether (sulfide) groups is 1. The molecule has 0 radical (unpaired) electrons. The van der Waals surface area contributed by atoms with Crippen LogP contribution in [-0.2, 0) is 15.0 Å². The number of carbonyl (C=O) groups is 1. The van der Waals surface area contributed by atoms with Gasteiger partial charge in [-0.1, -0.05) is 6.42 Å². The van der Waals surface area contributed by atoms with E-state index in [4.69, 9.17) is 0 Å². The first-order valence-corrected chi connectivity index (χ1v) is 10.7. The summed E-state index contributed by atoms with van der Waals surface area (Å²) in [6.07, 6.45) is 4.96. The van der Waals surface area contributed by atoms with Gasteiger partial charge in [0.15, 0.2) is 0 Å². The normalized spacial score (nSPS) is 31.8. The molecule has 2 atom stereocenters. The van der Waals surface area contributed by atoms with Gasteiger partial charge in [0, 0.05) is 31.4 Å². The molecular formula is C14H25N3O3S2. The molecule has 3 aliphatic heterocycles. The van der Waals surface area contributed by atoms with Crippen molar-refractivity contribution < 1.29 is 13.2 Å². The summed E-state index contributed by atoms with van der Waals surface area (Å²) in [4.78, 5) is 14.5. The first-order valence-electron chi connectivity index (χ1n) is 8.17. The number of carbonyl (C=O) groups excluding carboxylic acids is 1. The molecule has 0 unspecified atom stereocenters. The Morgan fingerprint density at radius 2 is 1.73 bits per heavy atom. The lowest BCUT2D eigenvalue weighted by Gasteiger charge is -2.36. The van der Waals surface area contributed by atoms with Gasteiger partial charge < -0.3 is 4.90 Å². The summed E-state index contributed by atoms with van der Waals surface area (Å²) < 4.78 is 29.0. The van der Waals surface area contributed by atoms with Crippen LogP contribution in [0.15, 0.2) is 0 Å². The zero-order valence-electron chi connectivity index (χ0n) is 13.1. The van der Waals surface area contributed by atoms with E-state index in [9.17, 15) is 13.2 Å². The monoisotopic (exact) mass is 347 g/mol. The number of hydrogen-bond acceptors (Lipinski definition) is 4. The number of piperidine rings is 1. The molecule has 0 aromatic rings. The molecule has 126 valence electrons. The largest absolute Gasteiger partial charge is 0.341 e. The van der Waals surface area contributed by atoms with Crippen LogP contribution in [0.5, 0.6) is 0 Å². The van der Waals surface area contributed by atoms with Crippen LogP contribution in [0.3, 0.4) is 0 Å². The van der Waals surface area contributed by atoms with E-state index in [1.165, 1.54) is 4.31 Å². The maximum Gasteiger partial charge on any atom is 0.283 e. The molecule has 0 saturated carbocycles. The maximum absolute atomic E-state index is 13.0. The van der Waals surface area contributed by atoms with E-state index in [2.05, 4.69) is 0 Å². The highest BCUT2D eigenvalue weighted by Crippen LogP contribution is 2.31. The zero-order chi connectivity index (χ0) is 15.7. The van der Waals surface area contributed by atoms with Gasteiger partial charge in [0.1, 0.15) is 6.04 Å². The van der Waals surface area contributed by atoms with E-state index in [1.807, 2.05) is 11.8 Å². The van der Waals surface area contributed by atoms with E-state index in [0.29, 0.717) is 18.2 Å². The zero-order valence-corrected chi connectivity index (χ0v) is 14.7. The molecule has 3 saturated heterocycles. The minimum absolute atomic E-state index is 0.00395. The summed E-state index contributed by atoms with van der Waals surface area (Å²) in [6.45, 7) is 4.09. The predicted octanol–water partition coefficient (Wildman–Crippen LogP) is 1.10. The molecule has 8 heteroatoms. The lowest BCUT2D eigenvalue weighted by molar-refractivity contribution is -0.133. The van der Waals surface area contributed by atoms with E-state index in [-0.39, 0.29) is 11.9 Å². The van der Waals surface area contributed by atoms with Gasteiger partial charge in [0.25, 0.3) is 10.2 Å². The Morgan fingerprint density at radius 3 is 2.41 bits per heavy atom. The van der Waals surface area contributed by atoms with E-state index in [0.717, 1.165) is 45.2 Å². The summed E-state index contributed by atoms with van der Waals surface area (Å²) in [5.74, 6) is 0.975. The van der Waals surface area contributed by atoms with Crippen LogP contribution in [-0.4, -0.2) is 71.2 Å². The fourth-order valence-corrected chi connectivity index (χ4v) is 7.08. The average molecular weight is 348 g/mol. The van der Waals surface area contributed by atoms with Crippen molar-refractivity contribution in [3.05, 3.63) is 0 Å². The van der Waals surface area contributed by atoms with E-state index in [1.54, 1.807) is 16.1 Å². The Balaban J connectivity index is 1.77. The molecule has 0 aromatic heterocycles. The molecular weight excluding hydrogens is 322 g/mol. The van der Waals surface area contributed by atoms with Gasteiger partial charge >= 0.3 is 0 Å². The van der Waals surface area contributed by atoms with Gasteiger partial charge in [-0.2, -0.15) is 17.0 Å². The third kappa shape index (κ3) is 3.02. The topological polar surface area (TPSA) is 60.9 Å². The molecule has 0 aliphatic carbocycles. The second kappa shape index (κ2) is 6.67. The Bertz CT molecular complexity index is 519. The van der Waals surface area contributed by atoms with Crippen molar-refractivity contribution in [3.63, 3.8) is 0 Å². The van der Waals surface area contributed by atoms with Crippen LogP contribution in [0, 0.1) is 0 Å².